The van der Waals surface area contributed by atoms with E-state index in [0.29, 0.717) is 46.7 Å². The van der Waals surface area contributed by atoms with Crippen LogP contribution in [-0.2, 0) is 6.54 Å². The first-order valence-corrected chi connectivity index (χ1v) is 16.8. The zero-order chi connectivity index (χ0) is 33.4. The number of fused-ring (bicyclic) bond motifs is 3. The minimum Gasteiger partial charge on any atom is -0.508 e. The van der Waals surface area contributed by atoms with Gasteiger partial charge in [0.2, 0.25) is 0 Å². The van der Waals surface area contributed by atoms with Crippen LogP contribution < -0.4 is 20.1 Å². The standard InChI is InChI=1S/C38H34F2N6O3/c1-2-24-27(39)8-7-21-16-23(47)17-25(31(21)24)26-18-30-32-34(33(26)40)43-37(48-20-38-11-4-14-45(38)15-5-12-38)44-36(32)46(28-9-10-29(28)49-30)19-22-6-3-13-42-35(22)41/h1,3,6-8,13,16-18,28-29,47H,4-5,9-12,14-15,19-20H2,(H2,41,42). The molecule has 11 heteroatoms. The second-order valence-corrected chi connectivity index (χ2v) is 13.6. The van der Waals surface area contributed by atoms with Crippen LogP contribution in [0.15, 0.2) is 48.7 Å². The number of phenolic OH excluding ortho intramolecular Hbond substituents is 1. The molecule has 2 unspecified atom stereocenters. The summed E-state index contributed by atoms with van der Waals surface area (Å²) in [4.78, 5) is 18.6. The van der Waals surface area contributed by atoms with Gasteiger partial charge in [-0.15, -0.1) is 6.42 Å². The lowest BCUT2D eigenvalue weighted by molar-refractivity contribution is 0.0914. The fourth-order valence-corrected chi connectivity index (χ4v) is 8.43. The average molecular weight is 661 g/mol. The summed E-state index contributed by atoms with van der Waals surface area (Å²) in [6, 6.07) is 11.0. The molecule has 0 bridgehead atoms. The maximum atomic E-state index is 17.3. The maximum absolute atomic E-state index is 17.3. The molecule has 2 aromatic heterocycles. The third kappa shape index (κ3) is 4.65. The van der Waals surface area contributed by atoms with Crippen LogP contribution >= 0.6 is 0 Å². The number of nitrogen functional groups attached to an aromatic ring is 1. The van der Waals surface area contributed by atoms with Crippen molar-refractivity contribution in [1.82, 2.24) is 19.9 Å². The molecule has 9 rings (SSSR count). The minimum atomic E-state index is -0.688. The zero-order valence-electron chi connectivity index (χ0n) is 26.8. The molecule has 3 aliphatic heterocycles. The Balaban J connectivity index is 1.27. The molecule has 1 saturated carbocycles. The second kappa shape index (κ2) is 11.2. The molecule has 2 atom stereocenters. The molecule has 2 saturated heterocycles. The lowest BCUT2D eigenvalue weighted by Crippen LogP contribution is -2.52. The van der Waals surface area contributed by atoms with Crippen LogP contribution in [0.5, 0.6) is 17.5 Å². The number of pyridine rings is 1. The Morgan fingerprint density at radius 2 is 1.90 bits per heavy atom. The van der Waals surface area contributed by atoms with E-state index in [2.05, 4.69) is 20.7 Å². The first-order valence-electron chi connectivity index (χ1n) is 16.8. The van der Waals surface area contributed by atoms with Gasteiger partial charge < -0.3 is 25.2 Å². The normalized spacial score (nSPS) is 20.7. The van der Waals surface area contributed by atoms with Gasteiger partial charge in [-0.3, -0.25) is 4.90 Å². The van der Waals surface area contributed by atoms with E-state index >= 15 is 8.78 Å². The molecule has 49 heavy (non-hydrogen) atoms. The van der Waals surface area contributed by atoms with Crippen molar-refractivity contribution in [3.63, 3.8) is 0 Å². The summed E-state index contributed by atoms with van der Waals surface area (Å²) in [6.45, 7) is 2.84. The fraction of sp³-hybridized carbons (Fsp3) is 0.342. The first-order chi connectivity index (χ1) is 23.8. The number of ether oxygens (including phenoxy) is 2. The van der Waals surface area contributed by atoms with E-state index < -0.39 is 11.6 Å². The van der Waals surface area contributed by atoms with Gasteiger partial charge in [0.25, 0.3) is 0 Å². The minimum absolute atomic E-state index is 0.000289. The Morgan fingerprint density at radius 1 is 1.06 bits per heavy atom. The summed E-state index contributed by atoms with van der Waals surface area (Å²) in [7, 11) is 0. The summed E-state index contributed by atoms with van der Waals surface area (Å²) in [5, 5.41) is 11.9. The largest absolute Gasteiger partial charge is 0.508 e. The van der Waals surface area contributed by atoms with Gasteiger partial charge in [0.15, 0.2) is 5.82 Å². The van der Waals surface area contributed by atoms with Crippen molar-refractivity contribution in [1.29, 1.82) is 0 Å². The molecule has 3 fully saturated rings. The SMILES string of the molecule is C#Cc1c(F)ccc2cc(O)cc(-c3cc4c5c(nc(OCC67CCCN6CCC7)nc5c3F)N(Cc3cccnc3N)C3CCC3O4)c12. The Bertz CT molecular complexity index is 2210. The Kier molecular flexibility index (Phi) is 6.81. The number of hydrogen-bond acceptors (Lipinski definition) is 9. The highest BCUT2D eigenvalue weighted by atomic mass is 19.1. The molecule has 0 amide bonds. The van der Waals surface area contributed by atoms with Crippen molar-refractivity contribution < 1.29 is 23.4 Å². The molecule has 9 nitrogen and oxygen atoms in total. The molecule has 0 radical (unpaired) electrons. The molecule has 5 aromatic rings. The number of aromatic nitrogens is 3. The van der Waals surface area contributed by atoms with Gasteiger partial charge >= 0.3 is 6.01 Å². The van der Waals surface area contributed by atoms with Crippen molar-refractivity contribution in [3.8, 4) is 41.0 Å². The Labute approximate surface area is 281 Å². The van der Waals surface area contributed by atoms with Gasteiger partial charge in [-0.25, -0.2) is 13.8 Å². The molecule has 4 aliphatic rings. The van der Waals surface area contributed by atoms with Crippen LogP contribution in [0.2, 0.25) is 0 Å². The molecule has 1 aliphatic carbocycles. The van der Waals surface area contributed by atoms with Crippen LogP contribution in [-0.4, -0.2) is 62.3 Å². The van der Waals surface area contributed by atoms with Gasteiger partial charge in [0.05, 0.1) is 22.5 Å². The summed E-state index contributed by atoms with van der Waals surface area (Å²) >= 11 is 0. The van der Waals surface area contributed by atoms with Gasteiger partial charge in [-0.2, -0.15) is 9.97 Å². The van der Waals surface area contributed by atoms with Gasteiger partial charge in [0.1, 0.15) is 47.2 Å². The summed E-state index contributed by atoms with van der Waals surface area (Å²) in [5.74, 6) is 2.28. The number of aromatic hydroxyl groups is 1. The van der Waals surface area contributed by atoms with E-state index in [1.54, 1.807) is 12.3 Å². The summed E-state index contributed by atoms with van der Waals surface area (Å²) < 4.78 is 45.4. The van der Waals surface area contributed by atoms with Crippen molar-refractivity contribution in [2.45, 2.75) is 62.8 Å². The van der Waals surface area contributed by atoms with E-state index in [9.17, 15) is 5.11 Å². The molecular formula is C38H34F2N6O3. The third-order valence-corrected chi connectivity index (χ3v) is 11.0. The molecule has 5 heterocycles. The lowest BCUT2D eigenvalue weighted by atomic mass is 9.87. The predicted molar refractivity (Wildman–Crippen MR) is 183 cm³/mol. The van der Waals surface area contributed by atoms with E-state index in [1.807, 2.05) is 12.1 Å². The number of halogens is 2. The first kappa shape index (κ1) is 29.9. The van der Waals surface area contributed by atoms with Crippen LogP contribution in [0.1, 0.15) is 49.7 Å². The van der Waals surface area contributed by atoms with Crippen molar-refractivity contribution in [3.05, 3.63) is 71.4 Å². The lowest BCUT2D eigenvalue weighted by Gasteiger charge is -2.42. The number of phenols is 1. The van der Waals surface area contributed by atoms with Crippen LogP contribution in [0.4, 0.5) is 20.4 Å². The number of rotatable bonds is 6. The smallest absolute Gasteiger partial charge is 0.319 e. The second-order valence-electron chi connectivity index (χ2n) is 13.6. The highest BCUT2D eigenvalue weighted by molar-refractivity contribution is 6.06. The van der Waals surface area contributed by atoms with Crippen LogP contribution in [0, 0.1) is 24.0 Å². The van der Waals surface area contributed by atoms with E-state index in [0.717, 1.165) is 57.2 Å². The quantitative estimate of drug-likeness (QED) is 0.202. The highest BCUT2D eigenvalue weighted by Gasteiger charge is 2.46. The van der Waals surface area contributed by atoms with Crippen molar-refractivity contribution in [2.24, 2.45) is 0 Å². The Hall–Kier alpha value is -5.21. The van der Waals surface area contributed by atoms with Crippen LogP contribution in [0.3, 0.4) is 0 Å². The van der Waals surface area contributed by atoms with Crippen molar-refractivity contribution >= 4 is 33.3 Å². The van der Waals surface area contributed by atoms with E-state index in [-0.39, 0.29) is 51.7 Å². The van der Waals surface area contributed by atoms with E-state index in [1.165, 1.54) is 24.3 Å². The number of terminal acetylenes is 1. The number of nitrogens with zero attached hydrogens (tertiary/aromatic N) is 5. The molecule has 0 spiro atoms. The molecule has 3 aromatic carbocycles. The molecule has 248 valence electrons. The number of benzene rings is 3. The highest BCUT2D eigenvalue weighted by Crippen LogP contribution is 2.49. The van der Waals surface area contributed by atoms with Crippen molar-refractivity contribution in [2.75, 3.05) is 30.3 Å². The molecular weight excluding hydrogens is 626 g/mol. The van der Waals surface area contributed by atoms with Gasteiger partial charge in [-0.05, 0) is 92.9 Å². The number of anilines is 2. The number of hydrogen-bond donors (Lipinski definition) is 2. The van der Waals surface area contributed by atoms with Gasteiger partial charge in [0, 0.05) is 29.3 Å². The summed E-state index contributed by atoms with van der Waals surface area (Å²) in [6.07, 6.45) is 13.1. The number of nitrogens with two attached hydrogens (primary N) is 1. The monoisotopic (exact) mass is 660 g/mol. The van der Waals surface area contributed by atoms with E-state index in [4.69, 9.17) is 31.6 Å². The fourth-order valence-electron chi connectivity index (χ4n) is 8.43. The zero-order valence-corrected chi connectivity index (χ0v) is 26.8. The predicted octanol–water partition coefficient (Wildman–Crippen LogP) is 6.33. The topological polar surface area (TPSA) is 110 Å². The Morgan fingerprint density at radius 3 is 2.65 bits per heavy atom. The van der Waals surface area contributed by atoms with Crippen LogP contribution in [0.25, 0.3) is 32.8 Å². The maximum Gasteiger partial charge on any atom is 0.319 e. The average Bonchev–Trinajstić information content (AvgIpc) is 3.65. The van der Waals surface area contributed by atoms with Gasteiger partial charge in [-0.1, -0.05) is 18.1 Å². The third-order valence-electron chi connectivity index (χ3n) is 11.0. The summed E-state index contributed by atoms with van der Waals surface area (Å²) in [5.41, 5.74) is 7.31. The molecule has 3 N–H and O–H groups in total.